The topological polar surface area (TPSA) is 20.2 Å². The number of halogens is 1. The van der Waals surface area contributed by atoms with Crippen molar-refractivity contribution in [3.63, 3.8) is 0 Å². The van der Waals surface area contributed by atoms with E-state index in [-0.39, 0.29) is 6.10 Å². The fourth-order valence-electron chi connectivity index (χ4n) is 0.748. The molecular formula is C9H11ClOS. The van der Waals surface area contributed by atoms with Gasteiger partial charge in [0.2, 0.25) is 0 Å². The minimum atomic E-state index is -0.259. The van der Waals surface area contributed by atoms with Crippen molar-refractivity contribution in [3.05, 3.63) is 29.3 Å². The lowest BCUT2D eigenvalue weighted by Gasteiger charge is -2.03. The average Bonchev–Trinajstić information content (AvgIpc) is 2.03. The van der Waals surface area contributed by atoms with Gasteiger partial charge in [-0.15, -0.1) is 11.8 Å². The van der Waals surface area contributed by atoms with Crippen LogP contribution in [0, 0.1) is 0 Å². The maximum Gasteiger partial charge on any atom is 0.0606 e. The van der Waals surface area contributed by atoms with E-state index >= 15 is 0 Å². The van der Waals surface area contributed by atoms with E-state index < -0.39 is 0 Å². The second-order valence-corrected chi connectivity index (χ2v) is 4.14. The van der Waals surface area contributed by atoms with E-state index in [1.165, 1.54) is 0 Å². The van der Waals surface area contributed by atoms with Crippen molar-refractivity contribution in [3.8, 4) is 0 Å². The number of aliphatic hydroxyl groups is 1. The lowest BCUT2D eigenvalue weighted by Crippen LogP contribution is -2.01. The van der Waals surface area contributed by atoms with Crippen LogP contribution in [0.3, 0.4) is 0 Å². The number of hydrogen-bond acceptors (Lipinski definition) is 2. The second kappa shape index (κ2) is 4.75. The molecule has 0 saturated heterocycles. The summed E-state index contributed by atoms with van der Waals surface area (Å²) in [5.74, 6) is 0.724. The normalized spacial score (nSPS) is 12.9. The first-order valence-corrected chi connectivity index (χ1v) is 5.11. The van der Waals surface area contributed by atoms with E-state index in [1.54, 1.807) is 18.7 Å². The summed E-state index contributed by atoms with van der Waals surface area (Å²) in [6, 6.07) is 7.61. The first kappa shape index (κ1) is 9.90. The highest BCUT2D eigenvalue weighted by Gasteiger charge is 1.97. The second-order valence-electron chi connectivity index (χ2n) is 2.61. The molecule has 1 N–H and O–H groups in total. The van der Waals surface area contributed by atoms with Gasteiger partial charge in [0, 0.05) is 15.7 Å². The van der Waals surface area contributed by atoms with Gasteiger partial charge in [-0.25, -0.2) is 0 Å². The molecule has 0 fully saturated rings. The summed E-state index contributed by atoms with van der Waals surface area (Å²) in [4.78, 5) is 1.14. The third-order valence-corrected chi connectivity index (χ3v) is 2.81. The Bertz CT molecular complexity index is 233. The third-order valence-electron chi connectivity index (χ3n) is 1.30. The fourth-order valence-corrected chi connectivity index (χ4v) is 1.64. The fraction of sp³-hybridized carbons (Fsp3) is 0.333. The monoisotopic (exact) mass is 202 g/mol. The van der Waals surface area contributed by atoms with Crippen LogP contribution in [-0.4, -0.2) is 17.0 Å². The molecule has 3 heteroatoms. The Morgan fingerprint density at radius 2 is 2.00 bits per heavy atom. The van der Waals surface area contributed by atoms with Gasteiger partial charge in [-0.3, -0.25) is 0 Å². The van der Waals surface area contributed by atoms with Crippen LogP contribution < -0.4 is 0 Å². The van der Waals surface area contributed by atoms with Crippen molar-refractivity contribution in [2.75, 3.05) is 5.75 Å². The first-order chi connectivity index (χ1) is 5.68. The van der Waals surface area contributed by atoms with Crippen molar-refractivity contribution in [2.24, 2.45) is 0 Å². The third kappa shape index (κ3) is 3.48. The van der Waals surface area contributed by atoms with Crippen LogP contribution in [0.15, 0.2) is 29.2 Å². The molecule has 1 atom stereocenters. The van der Waals surface area contributed by atoms with Gasteiger partial charge >= 0.3 is 0 Å². The quantitative estimate of drug-likeness (QED) is 0.761. The molecule has 12 heavy (non-hydrogen) atoms. The van der Waals surface area contributed by atoms with Gasteiger partial charge < -0.3 is 5.11 Å². The standard InChI is InChI=1S/C9H11ClOS/c1-7(11)6-12-9-4-2-8(10)3-5-9/h2-5,7,11H,6H2,1H3. The molecule has 0 aliphatic rings. The molecule has 0 saturated carbocycles. The van der Waals surface area contributed by atoms with Gasteiger partial charge in [-0.1, -0.05) is 11.6 Å². The highest BCUT2D eigenvalue weighted by molar-refractivity contribution is 7.99. The average molecular weight is 203 g/mol. The molecule has 0 amide bonds. The van der Waals surface area contributed by atoms with E-state index in [9.17, 15) is 0 Å². The van der Waals surface area contributed by atoms with E-state index in [1.807, 2.05) is 24.3 Å². The Hall–Kier alpha value is -0.180. The molecule has 1 aromatic rings. The lowest BCUT2D eigenvalue weighted by atomic mass is 10.4. The zero-order valence-electron chi connectivity index (χ0n) is 6.83. The van der Waals surface area contributed by atoms with Crippen LogP contribution in [0.5, 0.6) is 0 Å². The van der Waals surface area contributed by atoms with E-state index in [0.29, 0.717) is 0 Å². The van der Waals surface area contributed by atoms with Crippen molar-refractivity contribution < 1.29 is 5.11 Å². The van der Waals surface area contributed by atoms with Gasteiger partial charge in [0.1, 0.15) is 0 Å². The minimum absolute atomic E-state index is 0.259. The molecular weight excluding hydrogens is 192 g/mol. The van der Waals surface area contributed by atoms with Crippen LogP contribution in [0.1, 0.15) is 6.92 Å². The van der Waals surface area contributed by atoms with Crippen LogP contribution in [0.25, 0.3) is 0 Å². The number of aliphatic hydroxyl groups excluding tert-OH is 1. The molecule has 1 rings (SSSR count). The van der Waals surface area contributed by atoms with Crippen molar-refractivity contribution in [1.82, 2.24) is 0 Å². The summed E-state index contributed by atoms with van der Waals surface area (Å²) >= 11 is 7.34. The molecule has 0 radical (unpaired) electrons. The predicted octanol–water partition coefficient (Wildman–Crippen LogP) is 2.81. The smallest absolute Gasteiger partial charge is 0.0606 e. The lowest BCUT2D eigenvalue weighted by molar-refractivity contribution is 0.220. The molecule has 0 aromatic heterocycles. The Balaban J connectivity index is 2.48. The number of benzene rings is 1. The molecule has 0 heterocycles. The van der Waals surface area contributed by atoms with Gasteiger partial charge in [-0.2, -0.15) is 0 Å². The zero-order chi connectivity index (χ0) is 8.97. The molecule has 1 aromatic carbocycles. The highest BCUT2D eigenvalue weighted by atomic mass is 35.5. The molecule has 0 spiro atoms. The molecule has 66 valence electrons. The van der Waals surface area contributed by atoms with E-state index in [2.05, 4.69) is 0 Å². The van der Waals surface area contributed by atoms with Crippen molar-refractivity contribution >= 4 is 23.4 Å². The number of thioether (sulfide) groups is 1. The summed E-state index contributed by atoms with van der Waals surface area (Å²) < 4.78 is 0. The summed E-state index contributed by atoms with van der Waals surface area (Å²) in [5, 5.41) is 9.77. The molecule has 0 aliphatic carbocycles. The van der Waals surface area contributed by atoms with Gasteiger partial charge in [-0.05, 0) is 31.2 Å². The Kier molecular flexibility index (Phi) is 3.92. The zero-order valence-corrected chi connectivity index (χ0v) is 8.40. The molecule has 1 unspecified atom stereocenters. The molecule has 0 aliphatic heterocycles. The van der Waals surface area contributed by atoms with Gasteiger partial charge in [0.15, 0.2) is 0 Å². The van der Waals surface area contributed by atoms with E-state index in [4.69, 9.17) is 16.7 Å². The van der Waals surface area contributed by atoms with Gasteiger partial charge in [0.05, 0.1) is 6.10 Å². The first-order valence-electron chi connectivity index (χ1n) is 3.75. The minimum Gasteiger partial charge on any atom is -0.393 e. The summed E-state index contributed by atoms with van der Waals surface area (Å²) in [6.07, 6.45) is -0.259. The van der Waals surface area contributed by atoms with E-state index in [0.717, 1.165) is 15.7 Å². The largest absolute Gasteiger partial charge is 0.393 e. The number of hydrogen-bond donors (Lipinski definition) is 1. The maximum absolute atomic E-state index is 9.02. The molecule has 1 nitrogen and oxygen atoms in total. The van der Waals surface area contributed by atoms with Crippen molar-refractivity contribution in [1.29, 1.82) is 0 Å². The van der Waals surface area contributed by atoms with Crippen LogP contribution in [-0.2, 0) is 0 Å². The van der Waals surface area contributed by atoms with Crippen LogP contribution >= 0.6 is 23.4 Å². The Morgan fingerprint density at radius 3 is 2.50 bits per heavy atom. The predicted molar refractivity (Wildman–Crippen MR) is 53.9 cm³/mol. The Labute approximate surface area is 81.7 Å². The summed E-state index contributed by atoms with van der Waals surface area (Å²) in [6.45, 7) is 1.78. The van der Waals surface area contributed by atoms with Crippen molar-refractivity contribution in [2.45, 2.75) is 17.9 Å². The maximum atomic E-state index is 9.02. The Morgan fingerprint density at radius 1 is 1.42 bits per heavy atom. The van der Waals surface area contributed by atoms with Gasteiger partial charge in [0.25, 0.3) is 0 Å². The highest BCUT2D eigenvalue weighted by Crippen LogP contribution is 2.20. The SMILES string of the molecule is CC(O)CSc1ccc(Cl)cc1. The molecule has 0 bridgehead atoms. The summed E-state index contributed by atoms with van der Waals surface area (Å²) in [5.41, 5.74) is 0. The van der Waals surface area contributed by atoms with Crippen LogP contribution in [0.2, 0.25) is 5.02 Å². The number of rotatable bonds is 3. The summed E-state index contributed by atoms with van der Waals surface area (Å²) in [7, 11) is 0. The van der Waals surface area contributed by atoms with Crippen LogP contribution in [0.4, 0.5) is 0 Å².